The van der Waals surface area contributed by atoms with Crippen molar-refractivity contribution < 1.29 is 13.6 Å². The summed E-state index contributed by atoms with van der Waals surface area (Å²) in [5.41, 5.74) is -0.312. The minimum absolute atomic E-state index is 0.236. The van der Waals surface area contributed by atoms with Crippen molar-refractivity contribution >= 4 is 6.29 Å². The van der Waals surface area contributed by atoms with Crippen LogP contribution in [0.4, 0.5) is 8.78 Å². The molecular formula is C6H3F2NO. The molecule has 1 aromatic heterocycles. The molecule has 0 saturated carbocycles. The van der Waals surface area contributed by atoms with E-state index in [1.165, 1.54) is 0 Å². The van der Waals surface area contributed by atoms with Crippen LogP contribution in [0.15, 0.2) is 12.3 Å². The molecule has 0 atom stereocenters. The van der Waals surface area contributed by atoms with Crippen LogP contribution in [0.25, 0.3) is 0 Å². The van der Waals surface area contributed by atoms with E-state index in [-0.39, 0.29) is 11.8 Å². The molecule has 0 aliphatic carbocycles. The Morgan fingerprint density at radius 3 is 2.70 bits per heavy atom. The van der Waals surface area contributed by atoms with Gasteiger partial charge in [0, 0.05) is 6.20 Å². The van der Waals surface area contributed by atoms with Crippen LogP contribution in [0, 0.1) is 11.8 Å². The van der Waals surface area contributed by atoms with Crippen molar-refractivity contribution in [1.82, 2.24) is 4.98 Å². The third kappa shape index (κ3) is 1.00. The van der Waals surface area contributed by atoms with Crippen molar-refractivity contribution in [1.29, 1.82) is 0 Å². The Labute approximate surface area is 55.5 Å². The molecule has 1 heterocycles. The van der Waals surface area contributed by atoms with Crippen LogP contribution in [0.2, 0.25) is 0 Å². The minimum Gasteiger partial charge on any atom is -0.298 e. The summed E-state index contributed by atoms with van der Waals surface area (Å²) in [6, 6.07) is 1.10. The predicted octanol–water partition coefficient (Wildman–Crippen LogP) is 1.17. The Morgan fingerprint density at radius 1 is 1.50 bits per heavy atom. The van der Waals surface area contributed by atoms with Gasteiger partial charge in [-0.2, -0.15) is 4.39 Å². The van der Waals surface area contributed by atoms with Crippen LogP contribution in [0.3, 0.4) is 0 Å². The number of rotatable bonds is 1. The number of carbonyl (C=O) groups excluding carboxylic acids is 1. The molecule has 52 valence electrons. The second kappa shape index (κ2) is 2.51. The molecule has 0 N–H and O–H groups in total. The monoisotopic (exact) mass is 143 g/mol. The highest BCUT2D eigenvalue weighted by molar-refractivity contribution is 5.74. The molecular weight excluding hydrogens is 140 g/mol. The highest BCUT2D eigenvalue weighted by Gasteiger charge is 2.06. The van der Waals surface area contributed by atoms with E-state index in [0.29, 0.717) is 0 Å². The highest BCUT2D eigenvalue weighted by Crippen LogP contribution is 2.05. The second-order valence-corrected chi connectivity index (χ2v) is 1.62. The van der Waals surface area contributed by atoms with E-state index < -0.39 is 11.8 Å². The van der Waals surface area contributed by atoms with Crippen LogP contribution in [0.1, 0.15) is 10.4 Å². The van der Waals surface area contributed by atoms with E-state index in [1.54, 1.807) is 0 Å². The van der Waals surface area contributed by atoms with Crippen molar-refractivity contribution in [3.05, 3.63) is 29.6 Å². The number of aldehydes is 1. The molecule has 10 heavy (non-hydrogen) atoms. The quantitative estimate of drug-likeness (QED) is 0.436. The van der Waals surface area contributed by atoms with Gasteiger partial charge < -0.3 is 0 Å². The average Bonchev–Trinajstić information content (AvgIpc) is 1.95. The number of aromatic nitrogens is 1. The molecule has 4 heteroatoms. The van der Waals surface area contributed by atoms with E-state index in [9.17, 15) is 13.6 Å². The number of nitrogens with zero attached hydrogens (tertiary/aromatic N) is 1. The summed E-state index contributed by atoms with van der Waals surface area (Å²) in [6.45, 7) is 0. The van der Waals surface area contributed by atoms with E-state index in [0.717, 1.165) is 12.3 Å². The Kier molecular flexibility index (Phi) is 1.71. The number of halogens is 2. The zero-order valence-electron chi connectivity index (χ0n) is 4.84. The first-order chi connectivity index (χ1) is 4.75. The smallest absolute Gasteiger partial charge is 0.249 e. The van der Waals surface area contributed by atoms with Crippen molar-refractivity contribution in [2.75, 3.05) is 0 Å². The summed E-state index contributed by atoms with van der Waals surface area (Å²) in [6.07, 6.45) is 1.27. The first-order valence-corrected chi connectivity index (χ1v) is 2.51. The van der Waals surface area contributed by atoms with Gasteiger partial charge in [-0.05, 0) is 6.07 Å². The van der Waals surface area contributed by atoms with Crippen LogP contribution in [-0.4, -0.2) is 11.3 Å². The van der Waals surface area contributed by atoms with E-state index in [2.05, 4.69) is 4.98 Å². The van der Waals surface area contributed by atoms with Gasteiger partial charge >= 0.3 is 0 Å². The van der Waals surface area contributed by atoms with Gasteiger partial charge in [-0.25, -0.2) is 9.37 Å². The Morgan fingerprint density at radius 2 is 2.20 bits per heavy atom. The van der Waals surface area contributed by atoms with Gasteiger partial charge in [0.2, 0.25) is 5.95 Å². The lowest BCUT2D eigenvalue weighted by Gasteiger charge is -1.91. The van der Waals surface area contributed by atoms with Gasteiger partial charge in [0.1, 0.15) is 0 Å². The van der Waals surface area contributed by atoms with Crippen LogP contribution >= 0.6 is 0 Å². The standard InChI is InChI=1S/C6H3F2NO/c7-5-4(3-10)1-2-9-6(5)8/h1-3H. The first kappa shape index (κ1) is 6.80. The van der Waals surface area contributed by atoms with Crippen molar-refractivity contribution in [3.8, 4) is 0 Å². The molecule has 0 fully saturated rings. The number of hydrogen-bond donors (Lipinski definition) is 0. The maximum atomic E-state index is 12.3. The van der Waals surface area contributed by atoms with Gasteiger partial charge in [0.05, 0.1) is 5.56 Å². The van der Waals surface area contributed by atoms with Crippen LogP contribution in [0.5, 0.6) is 0 Å². The third-order valence-corrected chi connectivity index (χ3v) is 1.00. The molecule has 0 radical (unpaired) electrons. The largest absolute Gasteiger partial charge is 0.298 e. The number of pyridine rings is 1. The fraction of sp³-hybridized carbons (Fsp3) is 0. The maximum Gasteiger partial charge on any atom is 0.249 e. The zero-order valence-corrected chi connectivity index (χ0v) is 4.84. The first-order valence-electron chi connectivity index (χ1n) is 2.51. The lowest BCUT2D eigenvalue weighted by Crippen LogP contribution is -1.94. The van der Waals surface area contributed by atoms with Crippen molar-refractivity contribution in [3.63, 3.8) is 0 Å². The Hall–Kier alpha value is -1.32. The lowest BCUT2D eigenvalue weighted by molar-refractivity contribution is 0.111. The maximum absolute atomic E-state index is 12.3. The average molecular weight is 143 g/mol. The van der Waals surface area contributed by atoms with Gasteiger partial charge in [0.25, 0.3) is 0 Å². The fourth-order valence-corrected chi connectivity index (χ4v) is 0.523. The SMILES string of the molecule is O=Cc1ccnc(F)c1F. The summed E-state index contributed by atoms with van der Waals surface area (Å²) >= 11 is 0. The summed E-state index contributed by atoms with van der Waals surface area (Å²) in [5, 5.41) is 0. The van der Waals surface area contributed by atoms with Crippen LogP contribution < -0.4 is 0 Å². The fourth-order valence-electron chi connectivity index (χ4n) is 0.523. The Balaban J connectivity index is 3.27. The van der Waals surface area contributed by atoms with Crippen molar-refractivity contribution in [2.45, 2.75) is 0 Å². The molecule has 0 bridgehead atoms. The molecule has 0 spiro atoms. The van der Waals surface area contributed by atoms with Gasteiger partial charge in [-0.3, -0.25) is 4.79 Å². The van der Waals surface area contributed by atoms with Gasteiger partial charge in [-0.1, -0.05) is 0 Å². The second-order valence-electron chi connectivity index (χ2n) is 1.62. The van der Waals surface area contributed by atoms with E-state index in [1.807, 2.05) is 0 Å². The molecule has 0 unspecified atom stereocenters. The molecule has 0 aromatic carbocycles. The van der Waals surface area contributed by atoms with Gasteiger partial charge in [0.15, 0.2) is 12.1 Å². The molecule has 0 amide bonds. The summed E-state index contributed by atoms with van der Waals surface area (Å²) in [7, 11) is 0. The minimum atomic E-state index is -1.25. The third-order valence-electron chi connectivity index (χ3n) is 1.00. The summed E-state index contributed by atoms with van der Waals surface area (Å²) < 4.78 is 24.5. The summed E-state index contributed by atoms with van der Waals surface area (Å²) in [4.78, 5) is 12.9. The molecule has 1 rings (SSSR count). The molecule has 1 aromatic rings. The molecule has 0 aliphatic heterocycles. The zero-order chi connectivity index (χ0) is 7.56. The molecule has 0 aliphatic rings. The topological polar surface area (TPSA) is 30.0 Å². The number of carbonyl (C=O) groups is 1. The Bertz CT molecular complexity index is 262. The van der Waals surface area contributed by atoms with Crippen molar-refractivity contribution in [2.24, 2.45) is 0 Å². The van der Waals surface area contributed by atoms with Crippen LogP contribution in [-0.2, 0) is 0 Å². The molecule has 0 saturated heterocycles. The normalized spacial score (nSPS) is 9.40. The molecule has 2 nitrogen and oxygen atoms in total. The summed E-state index contributed by atoms with van der Waals surface area (Å²) in [5.74, 6) is -2.44. The van der Waals surface area contributed by atoms with Gasteiger partial charge in [-0.15, -0.1) is 0 Å². The lowest BCUT2D eigenvalue weighted by atomic mass is 10.3. The number of hydrogen-bond acceptors (Lipinski definition) is 2. The van der Waals surface area contributed by atoms with E-state index in [4.69, 9.17) is 0 Å². The highest BCUT2D eigenvalue weighted by atomic mass is 19.2. The van der Waals surface area contributed by atoms with E-state index >= 15 is 0 Å². The predicted molar refractivity (Wildman–Crippen MR) is 29.5 cm³/mol.